The molecule has 2 aromatic heterocycles. The first-order valence-corrected chi connectivity index (χ1v) is 10.1. The van der Waals surface area contributed by atoms with Crippen LogP contribution in [0.3, 0.4) is 0 Å². The summed E-state index contributed by atoms with van der Waals surface area (Å²) in [6, 6.07) is 15.9. The zero-order valence-corrected chi connectivity index (χ0v) is 16.2. The molecule has 1 aliphatic rings. The molecule has 1 atom stereocenters. The first-order chi connectivity index (χ1) is 13.8. The standard InChI is InChI=1S/C23H25N5/c1-2-17-6-3-4-8-23(17)28-11-5-7-20(28)12-18-14-24-22-10-9-19(13-21(18)22)27-15-25-26-16-27/h3-4,6,8-10,13-16,20,24H,2,5,7,11-12H2,1H3/t20-/m1/s1. The highest BCUT2D eigenvalue weighted by Gasteiger charge is 2.27. The van der Waals surface area contributed by atoms with Gasteiger partial charge in [-0.2, -0.15) is 0 Å². The Morgan fingerprint density at radius 3 is 2.79 bits per heavy atom. The third-order valence-corrected chi connectivity index (χ3v) is 5.98. The van der Waals surface area contributed by atoms with Crippen LogP contribution in [-0.2, 0) is 12.8 Å². The van der Waals surface area contributed by atoms with Gasteiger partial charge in [-0.15, -0.1) is 10.2 Å². The number of hydrogen-bond acceptors (Lipinski definition) is 3. The van der Waals surface area contributed by atoms with Crippen molar-refractivity contribution >= 4 is 16.6 Å². The monoisotopic (exact) mass is 371 g/mol. The SMILES string of the molecule is CCc1ccccc1N1CCC[C@@H]1Cc1c[nH]c2ccc(-n3cnnc3)cc12. The van der Waals surface area contributed by atoms with Crippen LogP contribution in [-0.4, -0.2) is 32.3 Å². The maximum Gasteiger partial charge on any atom is 0.123 e. The van der Waals surface area contributed by atoms with Crippen molar-refractivity contribution in [3.8, 4) is 5.69 Å². The molecule has 28 heavy (non-hydrogen) atoms. The number of aromatic nitrogens is 4. The molecule has 0 spiro atoms. The number of nitrogens with zero attached hydrogens (tertiary/aromatic N) is 4. The molecule has 0 amide bonds. The van der Waals surface area contributed by atoms with Crippen LogP contribution in [0.25, 0.3) is 16.6 Å². The minimum Gasteiger partial charge on any atom is -0.368 e. The molecule has 0 aliphatic carbocycles. The van der Waals surface area contributed by atoms with Crippen LogP contribution in [0.5, 0.6) is 0 Å². The summed E-state index contributed by atoms with van der Waals surface area (Å²) < 4.78 is 1.95. The number of aromatic amines is 1. The van der Waals surface area contributed by atoms with Gasteiger partial charge in [-0.05, 0) is 61.1 Å². The van der Waals surface area contributed by atoms with Crippen molar-refractivity contribution in [2.45, 2.75) is 38.6 Å². The van der Waals surface area contributed by atoms with Crippen molar-refractivity contribution in [2.24, 2.45) is 0 Å². The van der Waals surface area contributed by atoms with Gasteiger partial charge in [0.05, 0.1) is 0 Å². The van der Waals surface area contributed by atoms with E-state index in [0.29, 0.717) is 6.04 Å². The quantitative estimate of drug-likeness (QED) is 0.561. The van der Waals surface area contributed by atoms with E-state index in [9.17, 15) is 0 Å². The highest BCUT2D eigenvalue weighted by atomic mass is 15.2. The Balaban J connectivity index is 1.46. The summed E-state index contributed by atoms with van der Waals surface area (Å²) in [5.74, 6) is 0. The zero-order valence-electron chi connectivity index (χ0n) is 16.2. The van der Waals surface area contributed by atoms with Gasteiger partial charge < -0.3 is 9.88 Å². The molecule has 5 rings (SSSR count). The van der Waals surface area contributed by atoms with E-state index in [-0.39, 0.29) is 0 Å². The summed E-state index contributed by atoms with van der Waals surface area (Å²) in [6.07, 6.45) is 10.3. The van der Waals surface area contributed by atoms with Crippen LogP contribution < -0.4 is 4.90 Å². The number of aryl methyl sites for hydroxylation is 1. The smallest absolute Gasteiger partial charge is 0.123 e. The molecular weight excluding hydrogens is 346 g/mol. The first-order valence-electron chi connectivity index (χ1n) is 10.1. The van der Waals surface area contributed by atoms with Gasteiger partial charge in [0.25, 0.3) is 0 Å². The van der Waals surface area contributed by atoms with Crippen LogP contribution in [0.4, 0.5) is 5.69 Å². The van der Waals surface area contributed by atoms with Crippen molar-refractivity contribution in [3.63, 3.8) is 0 Å². The normalized spacial score (nSPS) is 16.9. The molecule has 4 aromatic rings. The van der Waals surface area contributed by atoms with Crippen molar-refractivity contribution in [2.75, 3.05) is 11.4 Å². The van der Waals surface area contributed by atoms with Gasteiger partial charge in [0.1, 0.15) is 12.7 Å². The predicted octanol–water partition coefficient (Wildman–Crippen LogP) is 4.52. The molecule has 1 saturated heterocycles. The second-order valence-corrected chi connectivity index (χ2v) is 7.59. The van der Waals surface area contributed by atoms with Crippen molar-refractivity contribution < 1.29 is 0 Å². The van der Waals surface area contributed by atoms with Crippen LogP contribution in [0, 0.1) is 0 Å². The van der Waals surface area contributed by atoms with Crippen LogP contribution >= 0.6 is 0 Å². The molecule has 0 unspecified atom stereocenters. The van der Waals surface area contributed by atoms with E-state index in [1.165, 1.54) is 40.6 Å². The van der Waals surface area contributed by atoms with Gasteiger partial charge >= 0.3 is 0 Å². The molecule has 0 saturated carbocycles. The van der Waals surface area contributed by atoms with E-state index < -0.39 is 0 Å². The predicted molar refractivity (Wildman–Crippen MR) is 113 cm³/mol. The lowest BCUT2D eigenvalue weighted by molar-refractivity contribution is 0.664. The molecule has 1 aliphatic heterocycles. The highest BCUT2D eigenvalue weighted by molar-refractivity contribution is 5.85. The summed E-state index contributed by atoms with van der Waals surface area (Å²) in [5.41, 5.74) is 6.53. The number of hydrogen-bond donors (Lipinski definition) is 1. The van der Waals surface area contributed by atoms with E-state index in [1.807, 2.05) is 4.57 Å². The molecule has 142 valence electrons. The fraction of sp³-hybridized carbons (Fsp3) is 0.304. The topological polar surface area (TPSA) is 49.7 Å². The van der Waals surface area contributed by atoms with Crippen LogP contribution in [0.15, 0.2) is 61.3 Å². The van der Waals surface area contributed by atoms with Crippen LogP contribution in [0.1, 0.15) is 30.9 Å². The molecule has 5 nitrogen and oxygen atoms in total. The fourth-order valence-electron chi connectivity index (χ4n) is 4.54. The third-order valence-electron chi connectivity index (χ3n) is 5.98. The lowest BCUT2D eigenvalue weighted by Gasteiger charge is -2.29. The number of benzene rings is 2. The van der Waals surface area contributed by atoms with Crippen molar-refractivity contribution in [1.82, 2.24) is 19.7 Å². The number of para-hydroxylation sites is 1. The van der Waals surface area contributed by atoms with E-state index in [1.54, 1.807) is 12.7 Å². The van der Waals surface area contributed by atoms with Gasteiger partial charge in [-0.3, -0.25) is 4.57 Å². The number of H-pyrrole nitrogens is 1. The number of nitrogens with one attached hydrogen (secondary N) is 1. The maximum atomic E-state index is 3.93. The van der Waals surface area contributed by atoms with Gasteiger partial charge in [0.15, 0.2) is 0 Å². The second kappa shape index (κ2) is 7.15. The van der Waals surface area contributed by atoms with Gasteiger partial charge in [-0.25, -0.2) is 0 Å². The Hall–Kier alpha value is -3.08. The summed E-state index contributed by atoms with van der Waals surface area (Å²) in [4.78, 5) is 6.08. The Bertz CT molecular complexity index is 1080. The Labute approximate surface area is 165 Å². The lowest BCUT2D eigenvalue weighted by atomic mass is 10.0. The van der Waals surface area contributed by atoms with Crippen molar-refractivity contribution in [1.29, 1.82) is 0 Å². The molecule has 3 heterocycles. The molecule has 2 aromatic carbocycles. The Morgan fingerprint density at radius 2 is 1.93 bits per heavy atom. The molecule has 5 heteroatoms. The summed E-state index contributed by atoms with van der Waals surface area (Å²) in [6.45, 7) is 3.39. The minimum atomic E-state index is 0.547. The number of rotatable bonds is 5. The molecular formula is C23H25N5. The Kier molecular flexibility index (Phi) is 4.35. The van der Waals surface area contributed by atoms with E-state index in [0.717, 1.165) is 25.1 Å². The average Bonchev–Trinajstić information content (AvgIpc) is 3.49. The fourth-order valence-corrected chi connectivity index (χ4v) is 4.54. The number of fused-ring (bicyclic) bond motifs is 1. The highest BCUT2D eigenvalue weighted by Crippen LogP contribution is 2.32. The Morgan fingerprint density at radius 1 is 1.07 bits per heavy atom. The summed E-state index contributed by atoms with van der Waals surface area (Å²) >= 11 is 0. The van der Waals surface area contributed by atoms with Gasteiger partial charge in [-0.1, -0.05) is 25.1 Å². The van der Waals surface area contributed by atoms with Crippen LogP contribution in [0.2, 0.25) is 0 Å². The lowest BCUT2D eigenvalue weighted by Crippen LogP contribution is -2.31. The van der Waals surface area contributed by atoms with Gasteiger partial charge in [0, 0.05) is 41.1 Å². The average molecular weight is 371 g/mol. The molecule has 1 fully saturated rings. The largest absolute Gasteiger partial charge is 0.368 e. The zero-order chi connectivity index (χ0) is 18.9. The van der Waals surface area contributed by atoms with Gasteiger partial charge in [0.2, 0.25) is 0 Å². The molecule has 1 N–H and O–H groups in total. The number of anilines is 1. The van der Waals surface area contributed by atoms with Crippen molar-refractivity contribution in [3.05, 3.63) is 72.4 Å². The van der Waals surface area contributed by atoms with E-state index in [2.05, 4.69) is 75.7 Å². The molecule has 0 radical (unpaired) electrons. The summed E-state index contributed by atoms with van der Waals surface area (Å²) in [7, 11) is 0. The third kappa shape index (κ3) is 2.97. The molecule has 0 bridgehead atoms. The summed E-state index contributed by atoms with van der Waals surface area (Å²) in [5, 5.41) is 9.15. The minimum absolute atomic E-state index is 0.547. The second-order valence-electron chi connectivity index (χ2n) is 7.59. The maximum absolute atomic E-state index is 3.93. The van der Waals surface area contributed by atoms with E-state index >= 15 is 0 Å². The van der Waals surface area contributed by atoms with E-state index in [4.69, 9.17) is 0 Å². The first kappa shape index (κ1) is 17.0.